The first-order valence-electron chi connectivity index (χ1n) is 45.9. The van der Waals surface area contributed by atoms with Gasteiger partial charge >= 0.3 is 0 Å². The molecule has 0 aromatic heterocycles. The summed E-state index contributed by atoms with van der Waals surface area (Å²) in [5, 5.41) is 0. The molecule has 4 rings (SSSR count). The first-order valence-corrected chi connectivity index (χ1v) is 45.9. The Kier molecular flexibility index (Phi) is 87.8. The highest BCUT2D eigenvalue weighted by Gasteiger charge is 2.09. The van der Waals surface area contributed by atoms with Crippen LogP contribution in [0.15, 0.2) is 97.1 Å². The van der Waals surface area contributed by atoms with Gasteiger partial charge in [-0.25, -0.2) is 0 Å². The van der Waals surface area contributed by atoms with Crippen LogP contribution < -0.4 is 9.47 Å². The van der Waals surface area contributed by atoms with E-state index in [-0.39, 0.29) is 0 Å². The zero-order valence-corrected chi connectivity index (χ0v) is 78.0. The van der Waals surface area contributed by atoms with E-state index in [2.05, 4.69) is 72.8 Å². The third kappa shape index (κ3) is 78.3. The monoisotopic (exact) mass is 1860 g/mol. The van der Waals surface area contributed by atoms with Crippen molar-refractivity contribution in [1.82, 2.24) is 0 Å². The van der Waals surface area contributed by atoms with Gasteiger partial charge < -0.3 is 171 Å². The van der Waals surface area contributed by atoms with Gasteiger partial charge in [-0.1, -0.05) is 72.8 Å². The topological polar surface area (TPSA) is 332 Å². The van der Waals surface area contributed by atoms with Crippen LogP contribution in [-0.4, -0.2) is 463 Å². The van der Waals surface area contributed by atoms with Gasteiger partial charge in [-0.2, -0.15) is 0 Å². The van der Waals surface area contributed by atoms with Crippen LogP contribution >= 0.6 is 0 Å². The summed E-state index contributed by atoms with van der Waals surface area (Å²) in [5.74, 6) is 1.57. The molecule has 0 fully saturated rings. The molecule has 0 radical (unpaired) electrons. The molecular formula is C94H158O36. The molecule has 4 aromatic carbocycles. The highest BCUT2D eigenvalue weighted by molar-refractivity contribution is 5.73. The van der Waals surface area contributed by atoms with E-state index in [9.17, 15) is 0 Å². The van der Waals surface area contributed by atoms with E-state index < -0.39 is 0 Å². The largest absolute Gasteiger partial charge is 0.491 e. The minimum atomic E-state index is 0.436. The Bertz CT molecular complexity index is 2680. The lowest BCUT2D eigenvalue weighted by molar-refractivity contribution is -0.0306. The standard InChI is InChI=1S/C94H158O36/c1-95-19-21-97-23-25-99-27-29-101-31-33-103-35-37-105-39-41-107-43-45-109-47-49-111-51-53-113-55-57-115-59-61-117-63-65-119-67-69-121-71-73-123-75-77-125-79-81-127-83-85-129-93-15-11-91(12-16-93)89-7-3-87(4-8-89)88-5-9-90(10-6-88)92-13-17-94(18-14-92)130-86-84-128-82-80-126-78-76-124-74-72-122-70-68-120-66-64-118-62-60-116-58-56-114-54-52-112-50-48-110-46-44-108-42-40-106-38-36-104-34-32-102-30-28-100-26-24-98-22-20-96-2/h3-18H,19-86H2,1-2H3. The fraction of sp³-hybridized carbons (Fsp3) is 0.745. The molecule has 130 heavy (non-hydrogen) atoms. The number of hydrogen-bond donors (Lipinski definition) is 0. The number of rotatable bonds is 107. The summed E-state index contributed by atoms with van der Waals surface area (Å²) in [6.45, 7) is 33.5. The number of ether oxygens (including phenoxy) is 36. The van der Waals surface area contributed by atoms with E-state index in [1.807, 2.05) is 24.3 Å². The van der Waals surface area contributed by atoms with Crippen LogP contribution in [0.2, 0.25) is 0 Å². The quantitative estimate of drug-likeness (QED) is 0.0392. The minimum Gasteiger partial charge on any atom is -0.491 e. The molecule has 0 saturated heterocycles. The first-order chi connectivity index (χ1) is 64.8. The summed E-state index contributed by atoms with van der Waals surface area (Å²) >= 11 is 0. The van der Waals surface area contributed by atoms with Crippen LogP contribution in [0.1, 0.15) is 0 Å². The molecule has 0 atom stereocenters. The maximum absolute atomic E-state index is 5.93. The van der Waals surface area contributed by atoms with Crippen molar-refractivity contribution in [1.29, 1.82) is 0 Å². The summed E-state index contributed by atoms with van der Waals surface area (Å²) in [6, 6.07) is 33.4. The lowest BCUT2D eigenvalue weighted by atomic mass is 9.98. The Labute approximate surface area is 772 Å². The van der Waals surface area contributed by atoms with Crippen molar-refractivity contribution in [3.05, 3.63) is 97.1 Å². The molecule has 0 amide bonds. The summed E-state index contributed by atoms with van der Waals surface area (Å²) in [4.78, 5) is 0. The number of methoxy groups -OCH3 is 2. The summed E-state index contributed by atoms with van der Waals surface area (Å²) in [7, 11) is 3.29. The molecule has 0 heterocycles. The SMILES string of the molecule is COCCOCCOCCOCCOCCOCCOCCOCCOCCOCCOCCOCCOCCOCCOCCOCCOCCOc1ccc(-c2ccc(-c3ccc(-c4ccc(OCCOCCOCCOCCOCCOCCOCCOCCOCCOCCOCCOCCOCCOCCOCCOCCOCCOC)cc4)cc3)cc2)cc1. The van der Waals surface area contributed by atoms with E-state index >= 15 is 0 Å². The maximum Gasteiger partial charge on any atom is 0.119 e. The summed E-state index contributed by atoms with van der Waals surface area (Å²) < 4.78 is 199. The Balaban J connectivity index is 0.782. The second kappa shape index (κ2) is 97.2. The van der Waals surface area contributed by atoms with Crippen LogP contribution in [0.4, 0.5) is 0 Å². The molecule has 750 valence electrons. The van der Waals surface area contributed by atoms with Gasteiger partial charge in [-0.05, 0) is 57.6 Å². The fourth-order valence-corrected chi connectivity index (χ4v) is 10.7. The Morgan fingerprint density at radius 3 is 0.269 bits per heavy atom. The molecule has 0 aliphatic carbocycles. The van der Waals surface area contributed by atoms with E-state index in [0.717, 1.165) is 44.9 Å². The summed E-state index contributed by atoms with van der Waals surface area (Å²) in [5.41, 5.74) is 6.75. The van der Waals surface area contributed by atoms with Gasteiger partial charge in [0.25, 0.3) is 0 Å². The molecule has 36 heteroatoms. The van der Waals surface area contributed by atoms with Crippen LogP contribution in [0.5, 0.6) is 11.5 Å². The van der Waals surface area contributed by atoms with Crippen molar-refractivity contribution in [3.8, 4) is 44.9 Å². The second-order valence-corrected chi connectivity index (χ2v) is 27.5. The second-order valence-electron chi connectivity index (χ2n) is 27.5. The normalized spacial score (nSPS) is 11.7. The van der Waals surface area contributed by atoms with Crippen LogP contribution in [0.25, 0.3) is 33.4 Å². The minimum absolute atomic E-state index is 0.436. The molecule has 0 N–H and O–H groups in total. The van der Waals surface area contributed by atoms with Crippen molar-refractivity contribution in [3.63, 3.8) is 0 Å². The molecule has 0 saturated carbocycles. The zero-order chi connectivity index (χ0) is 91.5. The molecule has 0 bridgehead atoms. The first kappa shape index (κ1) is 117. The highest BCUT2D eigenvalue weighted by atomic mass is 16.6. The predicted molar refractivity (Wildman–Crippen MR) is 484 cm³/mol. The van der Waals surface area contributed by atoms with Gasteiger partial charge in [0.1, 0.15) is 24.7 Å². The third-order valence-corrected chi connectivity index (χ3v) is 17.5. The Hall–Kier alpha value is -4.88. The maximum atomic E-state index is 5.93. The average Bonchev–Trinajstić information content (AvgIpc) is 0.813. The van der Waals surface area contributed by atoms with Gasteiger partial charge in [-0.3, -0.25) is 0 Å². The van der Waals surface area contributed by atoms with Gasteiger partial charge in [0.2, 0.25) is 0 Å². The molecule has 0 spiro atoms. The van der Waals surface area contributed by atoms with Crippen LogP contribution in [0.3, 0.4) is 0 Å². The van der Waals surface area contributed by atoms with Crippen molar-refractivity contribution < 1.29 is 171 Å². The number of benzene rings is 4. The predicted octanol–water partition coefficient (Wildman–Crippen LogP) is 7.27. The van der Waals surface area contributed by atoms with Gasteiger partial charge in [0.15, 0.2) is 0 Å². The van der Waals surface area contributed by atoms with Gasteiger partial charge in [0, 0.05) is 14.2 Å². The third-order valence-electron chi connectivity index (χ3n) is 17.5. The van der Waals surface area contributed by atoms with Crippen LogP contribution in [0, 0.1) is 0 Å². The van der Waals surface area contributed by atoms with Gasteiger partial charge in [-0.15, -0.1) is 0 Å². The highest BCUT2D eigenvalue weighted by Crippen LogP contribution is 2.29. The molecule has 4 aromatic rings. The van der Waals surface area contributed by atoms with Crippen molar-refractivity contribution >= 4 is 0 Å². The molecule has 0 aliphatic heterocycles. The fourth-order valence-electron chi connectivity index (χ4n) is 10.7. The van der Waals surface area contributed by atoms with E-state index in [4.69, 9.17) is 171 Å². The zero-order valence-electron chi connectivity index (χ0n) is 78.0. The Morgan fingerprint density at radius 2 is 0.177 bits per heavy atom. The van der Waals surface area contributed by atoms with Crippen molar-refractivity contribution in [2.75, 3.05) is 463 Å². The Morgan fingerprint density at radius 1 is 0.100 bits per heavy atom. The average molecular weight is 1860 g/mol. The van der Waals surface area contributed by atoms with E-state index in [1.54, 1.807) is 14.2 Å². The molecule has 0 unspecified atom stereocenters. The van der Waals surface area contributed by atoms with E-state index in [1.165, 1.54) is 0 Å². The molecular weight excluding hydrogens is 1700 g/mol. The van der Waals surface area contributed by atoms with Crippen LogP contribution in [-0.2, 0) is 161 Å². The van der Waals surface area contributed by atoms with Crippen molar-refractivity contribution in [2.24, 2.45) is 0 Å². The smallest absolute Gasteiger partial charge is 0.119 e. The number of hydrogen-bond acceptors (Lipinski definition) is 36. The summed E-state index contributed by atoms with van der Waals surface area (Å²) in [6.07, 6.45) is 0. The van der Waals surface area contributed by atoms with Gasteiger partial charge in [0.05, 0.1) is 436 Å². The molecule has 0 aliphatic rings. The van der Waals surface area contributed by atoms with Crippen molar-refractivity contribution in [2.45, 2.75) is 0 Å². The van der Waals surface area contributed by atoms with E-state index in [0.29, 0.717) is 449 Å². The lowest BCUT2D eigenvalue weighted by Gasteiger charge is -2.10. The lowest BCUT2D eigenvalue weighted by Crippen LogP contribution is -2.16. The molecule has 36 nitrogen and oxygen atoms in total.